The van der Waals surface area contributed by atoms with Crippen LogP contribution < -0.4 is 0 Å². The molecule has 3 heterocycles. The van der Waals surface area contributed by atoms with Gasteiger partial charge in [0.05, 0.1) is 12.6 Å². The highest BCUT2D eigenvalue weighted by atomic mass is 28.4. The molecule has 2 aliphatic rings. The van der Waals surface area contributed by atoms with Crippen LogP contribution in [0.1, 0.15) is 73.2 Å². The Bertz CT molecular complexity index is 845. The number of aromatic nitrogens is 2. The first-order chi connectivity index (χ1) is 14.6. The van der Waals surface area contributed by atoms with Gasteiger partial charge < -0.3 is 18.5 Å². The molecule has 0 N–H and O–H groups in total. The van der Waals surface area contributed by atoms with Gasteiger partial charge in [0.2, 0.25) is 12.3 Å². The lowest BCUT2D eigenvalue weighted by Gasteiger charge is -2.54. The van der Waals surface area contributed by atoms with Crippen molar-refractivity contribution in [1.82, 2.24) is 20.0 Å². The zero-order valence-corrected chi connectivity index (χ0v) is 21.9. The molecule has 180 valence electrons. The van der Waals surface area contributed by atoms with Crippen molar-refractivity contribution in [3.05, 3.63) is 12.3 Å². The van der Waals surface area contributed by atoms with Crippen LogP contribution in [-0.4, -0.2) is 70.6 Å². The van der Waals surface area contributed by atoms with Gasteiger partial charge in [0.1, 0.15) is 17.2 Å². The Kier molecular flexibility index (Phi) is 6.27. The Morgan fingerprint density at radius 1 is 1.25 bits per heavy atom. The maximum absolute atomic E-state index is 13.6. The summed E-state index contributed by atoms with van der Waals surface area (Å²) in [5.74, 6) is 0.232. The monoisotopic (exact) mass is 466 g/mol. The second kappa shape index (κ2) is 8.13. The number of hydrogen-bond acceptors (Lipinski definition) is 7. The highest BCUT2D eigenvalue weighted by Gasteiger charge is 2.63. The fourth-order valence-electron chi connectivity index (χ4n) is 4.27. The molecular formula is C22H38N4O5Si. The van der Waals surface area contributed by atoms with Crippen LogP contribution in [0.5, 0.6) is 0 Å². The lowest BCUT2D eigenvalue weighted by molar-refractivity contribution is -0.169. The average Bonchev–Trinajstić information content (AvgIpc) is 3.29. The summed E-state index contributed by atoms with van der Waals surface area (Å²) < 4.78 is 17.7. The van der Waals surface area contributed by atoms with Gasteiger partial charge in [-0.15, -0.1) is 10.2 Å². The van der Waals surface area contributed by atoms with Crippen molar-refractivity contribution in [3.8, 4) is 0 Å². The lowest BCUT2D eigenvalue weighted by Crippen LogP contribution is -2.74. The van der Waals surface area contributed by atoms with Gasteiger partial charge in [-0.25, -0.2) is 4.79 Å². The van der Waals surface area contributed by atoms with Crippen molar-refractivity contribution in [1.29, 1.82) is 0 Å². The van der Waals surface area contributed by atoms with Crippen LogP contribution >= 0.6 is 0 Å². The largest absolute Gasteiger partial charge is 0.444 e. The maximum Gasteiger partial charge on any atom is 0.411 e. The van der Waals surface area contributed by atoms with E-state index in [4.69, 9.17) is 13.6 Å². The van der Waals surface area contributed by atoms with Crippen LogP contribution in [0.25, 0.3) is 0 Å². The van der Waals surface area contributed by atoms with E-state index in [0.29, 0.717) is 25.4 Å². The number of rotatable bonds is 5. The second-order valence-corrected chi connectivity index (χ2v) is 16.3. The van der Waals surface area contributed by atoms with Gasteiger partial charge in [-0.2, -0.15) is 0 Å². The van der Waals surface area contributed by atoms with E-state index in [1.54, 1.807) is 9.80 Å². The molecule has 0 saturated carbocycles. The van der Waals surface area contributed by atoms with Gasteiger partial charge in [-0.3, -0.25) is 9.69 Å². The number of carbonyl (C=O) groups excluding carboxylic acids is 2. The lowest BCUT2D eigenvalue weighted by atomic mass is 9.83. The van der Waals surface area contributed by atoms with Gasteiger partial charge in [-0.05, 0) is 58.7 Å². The van der Waals surface area contributed by atoms with E-state index in [0.717, 1.165) is 6.42 Å². The number of carbonyl (C=O) groups is 2. The Balaban J connectivity index is 1.83. The first-order valence-electron chi connectivity index (χ1n) is 11.3. The molecule has 2 amide bonds. The first kappa shape index (κ1) is 24.7. The molecule has 0 bridgehead atoms. The zero-order chi connectivity index (χ0) is 24.1. The molecule has 3 rings (SSSR count). The van der Waals surface area contributed by atoms with E-state index in [2.05, 4.69) is 44.1 Å². The molecule has 2 aliphatic heterocycles. The molecular weight excluding hydrogens is 428 g/mol. The molecule has 32 heavy (non-hydrogen) atoms. The maximum atomic E-state index is 13.6. The van der Waals surface area contributed by atoms with Crippen molar-refractivity contribution in [2.75, 3.05) is 13.1 Å². The molecule has 0 radical (unpaired) electrons. The third-order valence-electron chi connectivity index (χ3n) is 6.89. The van der Waals surface area contributed by atoms with Crippen molar-refractivity contribution in [2.45, 2.75) is 103 Å². The second-order valence-electron chi connectivity index (χ2n) is 11.5. The molecule has 9 nitrogen and oxygen atoms in total. The van der Waals surface area contributed by atoms with E-state index in [1.807, 2.05) is 27.7 Å². The molecule has 0 aromatic carbocycles. The number of ether oxygens (including phenoxy) is 1. The van der Waals surface area contributed by atoms with E-state index in [-0.39, 0.29) is 17.0 Å². The highest BCUT2D eigenvalue weighted by molar-refractivity contribution is 6.74. The molecule has 1 aromatic heterocycles. The number of likely N-dealkylation sites (tertiary alicyclic amines) is 2. The van der Waals surface area contributed by atoms with Crippen LogP contribution in [0, 0.1) is 0 Å². The topological polar surface area (TPSA) is 98.0 Å². The summed E-state index contributed by atoms with van der Waals surface area (Å²) in [6, 6.07) is -0.508. The minimum atomic E-state index is -2.11. The summed E-state index contributed by atoms with van der Waals surface area (Å²) in [4.78, 5) is 29.8. The Morgan fingerprint density at radius 2 is 1.91 bits per heavy atom. The van der Waals surface area contributed by atoms with Crippen molar-refractivity contribution in [3.63, 3.8) is 0 Å². The molecule has 3 atom stereocenters. The molecule has 0 aliphatic carbocycles. The molecule has 10 heteroatoms. The van der Waals surface area contributed by atoms with E-state index >= 15 is 0 Å². The molecule has 1 aromatic rings. The van der Waals surface area contributed by atoms with Crippen LogP contribution in [0.15, 0.2) is 10.8 Å². The Hall–Kier alpha value is -1.94. The normalized spacial score (nSPS) is 24.0. The molecule has 1 spiro atoms. The zero-order valence-electron chi connectivity index (χ0n) is 20.9. The van der Waals surface area contributed by atoms with Crippen LogP contribution in [-0.2, 0) is 14.0 Å². The van der Waals surface area contributed by atoms with Gasteiger partial charge >= 0.3 is 6.09 Å². The van der Waals surface area contributed by atoms with Gasteiger partial charge in [-0.1, -0.05) is 20.8 Å². The van der Waals surface area contributed by atoms with Gasteiger partial charge in [0.25, 0.3) is 5.91 Å². The minimum Gasteiger partial charge on any atom is -0.444 e. The van der Waals surface area contributed by atoms with Gasteiger partial charge in [0.15, 0.2) is 8.32 Å². The van der Waals surface area contributed by atoms with Crippen LogP contribution in [0.3, 0.4) is 0 Å². The quantitative estimate of drug-likeness (QED) is 0.475. The number of hydrogen-bond donors (Lipinski definition) is 0. The van der Waals surface area contributed by atoms with E-state index < -0.39 is 31.6 Å². The van der Waals surface area contributed by atoms with E-state index in [1.165, 1.54) is 6.39 Å². The summed E-state index contributed by atoms with van der Waals surface area (Å²) in [5.41, 5.74) is -1.48. The van der Waals surface area contributed by atoms with Crippen LogP contribution in [0.2, 0.25) is 18.1 Å². The highest BCUT2D eigenvalue weighted by Crippen LogP contribution is 2.46. The fourth-order valence-corrected chi connectivity index (χ4v) is 5.69. The summed E-state index contributed by atoms with van der Waals surface area (Å²) >= 11 is 0. The number of β-lactam (4-membered cyclic amide) rings is 1. The predicted molar refractivity (Wildman–Crippen MR) is 121 cm³/mol. The van der Waals surface area contributed by atoms with Crippen molar-refractivity contribution in [2.24, 2.45) is 0 Å². The number of amides is 2. The minimum absolute atomic E-state index is 0.0137. The summed E-state index contributed by atoms with van der Waals surface area (Å²) in [6.45, 7) is 19.2. The Morgan fingerprint density at radius 3 is 2.41 bits per heavy atom. The van der Waals surface area contributed by atoms with E-state index in [9.17, 15) is 9.59 Å². The Labute approximate surface area is 191 Å². The van der Waals surface area contributed by atoms with Gasteiger partial charge in [0, 0.05) is 6.54 Å². The smallest absolute Gasteiger partial charge is 0.411 e. The summed E-state index contributed by atoms with van der Waals surface area (Å²) in [6.07, 6.45) is 1.87. The third-order valence-corrected chi connectivity index (χ3v) is 11.5. The third kappa shape index (κ3) is 4.43. The average molecular weight is 467 g/mol. The molecule has 2 fully saturated rings. The van der Waals surface area contributed by atoms with Crippen molar-refractivity contribution >= 4 is 20.3 Å². The summed E-state index contributed by atoms with van der Waals surface area (Å²) in [5, 5.41) is 7.94. The predicted octanol–water partition coefficient (Wildman–Crippen LogP) is 4.13. The summed E-state index contributed by atoms with van der Waals surface area (Å²) in [7, 11) is -2.11. The number of nitrogens with zero attached hydrogens (tertiary/aromatic N) is 4. The SMILES string of the molecule is CC(O[Si](C)(C)C(C)(C)C)C(c1nnco1)N1CC2(CCCN2C(=O)OC(C)(C)C)C1=O. The van der Waals surface area contributed by atoms with Crippen LogP contribution in [0.4, 0.5) is 4.79 Å². The molecule has 2 saturated heterocycles. The first-order valence-corrected chi connectivity index (χ1v) is 14.3. The standard InChI is InChI=1S/C22H38N4O5Si/c1-15(31-32(8,9)21(5,6)7)16(17-24-23-14-29-17)25-13-22(18(25)27)11-10-12-26(22)19(28)30-20(2,3)4/h14-16H,10-13H2,1-9H3. The molecule has 3 unspecified atom stereocenters. The fraction of sp³-hybridized carbons (Fsp3) is 0.818. The van der Waals surface area contributed by atoms with Crippen molar-refractivity contribution < 1.29 is 23.2 Å².